The number of aliphatic imine (C=N–C) groups is 1. The zero-order valence-electron chi connectivity index (χ0n) is 15.1. The summed E-state index contributed by atoms with van der Waals surface area (Å²) in [6.45, 7) is 10.4. The van der Waals surface area contributed by atoms with Crippen LogP contribution in [0.3, 0.4) is 0 Å². The van der Waals surface area contributed by atoms with E-state index in [9.17, 15) is 0 Å². The quantitative estimate of drug-likeness (QED) is 0.626. The van der Waals surface area contributed by atoms with E-state index in [4.69, 9.17) is 4.99 Å². The molecule has 0 radical (unpaired) electrons. The van der Waals surface area contributed by atoms with Gasteiger partial charge >= 0.3 is 0 Å². The number of nitrogens with zero attached hydrogens (tertiary/aromatic N) is 2. The summed E-state index contributed by atoms with van der Waals surface area (Å²) in [6.07, 6.45) is 2.59. The first-order valence-corrected chi connectivity index (χ1v) is 8.89. The average molecular weight is 316 g/mol. The topological polar surface area (TPSA) is 39.7 Å². The third-order valence-corrected chi connectivity index (χ3v) is 4.69. The van der Waals surface area contributed by atoms with Gasteiger partial charge in [-0.05, 0) is 45.8 Å². The van der Waals surface area contributed by atoms with Crippen LogP contribution in [0.2, 0.25) is 0 Å². The summed E-state index contributed by atoms with van der Waals surface area (Å²) in [5, 5.41) is 6.86. The Morgan fingerprint density at radius 1 is 1.30 bits per heavy atom. The molecule has 2 rings (SSSR count). The van der Waals surface area contributed by atoms with E-state index in [1.165, 1.54) is 30.5 Å². The maximum atomic E-state index is 4.77. The molecule has 0 saturated carbocycles. The molecule has 0 aliphatic carbocycles. The van der Waals surface area contributed by atoms with Crippen molar-refractivity contribution in [3.8, 4) is 0 Å². The zero-order chi connectivity index (χ0) is 16.7. The lowest BCUT2D eigenvalue weighted by molar-refractivity contribution is 0.309. The van der Waals surface area contributed by atoms with E-state index in [2.05, 4.69) is 67.6 Å². The molecule has 0 bridgehead atoms. The van der Waals surface area contributed by atoms with Crippen molar-refractivity contribution < 1.29 is 0 Å². The van der Waals surface area contributed by atoms with Crippen molar-refractivity contribution in [2.24, 2.45) is 4.99 Å². The van der Waals surface area contributed by atoms with Gasteiger partial charge in [0.25, 0.3) is 0 Å². The third-order valence-electron chi connectivity index (χ3n) is 4.69. The molecule has 23 heavy (non-hydrogen) atoms. The predicted molar refractivity (Wildman–Crippen MR) is 99.2 cm³/mol. The number of guanidine groups is 1. The average Bonchev–Trinajstić information content (AvgIpc) is 2.95. The highest BCUT2D eigenvalue weighted by molar-refractivity contribution is 5.79. The fourth-order valence-electron chi connectivity index (χ4n) is 3.02. The van der Waals surface area contributed by atoms with Crippen LogP contribution in [-0.2, 0) is 0 Å². The molecule has 1 aromatic carbocycles. The summed E-state index contributed by atoms with van der Waals surface area (Å²) in [6, 6.07) is 9.41. The smallest absolute Gasteiger partial charge is 0.191 e. The monoisotopic (exact) mass is 316 g/mol. The van der Waals surface area contributed by atoms with E-state index in [-0.39, 0.29) is 0 Å². The van der Waals surface area contributed by atoms with E-state index in [1.54, 1.807) is 0 Å². The summed E-state index contributed by atoms with van der Waals surface area (Å²) >= 11 is 0. The first-order valence-electron chi connectivity index (χ1n) is 8.89. The summed E-state index contributed by atoms with van der Waals surface area (Å²) in [5.41, 5.74) is 2.66. The van der Waals surface area contributed by atoms with Crippen LogP contribution in [0.25, 0.3) is 0 Å². The molecular formula is C19H32N4. The van der Waals surface area contributed by atoms with Crippen LogP contribution in [0.4, 0.5) is 0 Å². The fourth-order valence-corrected chi connectivity index (χ4v) is 3.02. The minimum absolute atomic E-state index is 0.431. The number of rotatable bonds is 6. The SMILES string of the molecule is CCNC(=NCC(C)c1ccc(C)cc1)NCC1CCCN1C. The normalized spacial score (nSPS) is 20.5. The second kappa shape index (κ2) is 8.92. The summed E-state index contributed by atoms with van der Waals surface area (Å²) in [5.74, 6) is 1.37. The number of hydrogen-bond acceptors (Lipinski definition) is 2. The van der Waals surface area contributed by atoms with Crippen LogP contribution in [0.1, 0.15) is 43.7 Å². The van der Waals surface area contributed by atoms with Crippen molar-refractivity contribution >= 4 is 5.96 Å². The molecule has 1 fully saturated rings. The Kier molecular flexibility index (Phi) is 6.90. The molecule has 1 aliphatic heterocycles. The lowest BCUT2D eigenvalue weighted by Crippen LogP contribution is -2.44. The molecular weight excluding hydrogens is 284 g/mol. The maximum Gasteiger partial charge on any atom is 0.191 e. The van der Waals surface area contributed by atoms with E-state index in [1.807, 2.05) is 0 Å². The van der Waals surface area contributed by atoms with E-state index >= 15 is 0 Å². The van der Waals surface area contributed by atoms with E-state index < -0.39 is 0 Å². The Morgan fingerprint density at radius 3 is 2.65 bits per heavy atom. The van der Waals surface area contributed by atoms with Crippen LogP contribution >= 0.6 is 0 Å². The molecule has 2 atom stereocenters. The number of nitrogens with one attached hydrogen (secondary N) is 2. The van der Waals surface area contributed by atoms with Gasteiger partial charge in [-0.1, -0.05) is 36.8 Å². The molecule has 1 aliphatic rings. The minimum Gasteiger partial charge on any atom is -0.357 e. The molecule has 2 unspecified atom stereocenters. The molecule has 128 valence electrons. The van der Waals surface area contributed by atoms with Gasteiger partial charge in [0.1, 0.15) is 0 Å². The number of aryl methyl sites for hydroxylation is 1. The van der Waals surface area contributed by atoms with Crippen LogP contribution in [0.5, 0.6) is 0 Å². The summed E-state index contributed by atoms with van der Waals surface area (Å²) in [7, 11) is 2.21. The van der Waals surface area contributed by atoms with Gasteiger partial charge in [-0.2, -0.15) is 0 Å². The van der Waals surface area contributed by atoms with Crippen LogP contribution < -0.4 is 10.6 Å². The van der Waals surface area contributed by atoms with Gasteiger partial charge in [-0.25, -0.2) is 0 Å². The van der Waals surface area contributed by atoms with E-state index in [0.29, 0.717) is 12.0 Å². The minimum atomic E-state index is 0.431. The highest BCUT2D eigenvalue weighted by Crippen LogP contribution is 2.16. The van der Waals surface area contributed by atoms with Crippen molar-refractivity contribution in [1.82, 2.24) is 15.5 Å². The zero-order valence-corrected chi connectivity index (χ0v) is 15.1. The highest BCUT2D eigenvalue weighted by Gasteiger charge is 2.20. The number of likely N-dealkylation sites (N-methyl/N-ethyl adjacent to an activating group) is 1. The second-order valence-corrected chi connectivity index (χ2v) is 6.69. The van der Waals surface area contributed by atoms with Gasteiger partial charge in [0.05, 0.1) is 0 Å². The molecule has 1 heterocycles. The number of likely N-dealkylation sites (tertiary alicyclic amines) is 1. The van der Waals surface area contributed by atoms with Crippen molar-refractivity contribution in [2.75, 3.05) is 33.2 Å². The largest absolute Gasteiger partial charge is 0.357 e. The Balaban J connectivity index is 1.88. The molecule has 0 amide bonds. The molecule has 1 saturated heterocycles. The van der Waals surface area contributed by atoms with Gasteiger partial charge in [0.2, 0.25) is 0 Å². The highest BCUT2D eigenvalue weighted by atomic mass is 15.2. The molecule has 4 nitrogen and oxygen atoms in total. The second-order valence-electron chi connectivity index (χ2n) is 6.69. The van der Waals surface area contributed by atoms with Crippen molar-refractivity contribution in [3.63, 3.8) is 0 Å². The van der Waals surface area contributed by atoms with Gasteiger partial charge in [0.15, 0.2) is 5.96 Å². The Labute approximate surface area is 141 Å². The Hall–Kier alpha value is -1.55. The first kappa shape index (κ1) is 17.8. The van der Waals surface area contributed by atoms with Crippen LogP contribution in [-0.4, -0.2) is 50.1 Å². The van der Waals surface area contributed by atoms with Gasteiger partial charge in [0, 0.05) is 31.6 Å². The molecule has 0 aromatic heterocycles. The maximum absolute atomic E-state index is 4.77. The summed E-state index contributed by atoms with van der Waals surface area (Å²) in [4.78, 5) is 7.21. The van der Waals surface area contributed by atoms with Crippen LogP contribution in [0, 0.1) is 6.92 Å². The van der Waals surface area contributed by atoms with Crippen molar-refractivity contribution in [1.29, 1.82) is 0 Å². The molecule has 1 aromatic rings. The van der Waals surface area contributed by atoms with E-state index in [0.717, 1.165) is 25.6 Å². The Morgan fingerprint density at radius 2 is 2.04 bits per heavy atom. The predicted octanol–water partition coefficient (Wildman–Crippen LogP) is 2.75. The molecule has 4 heteroatoms. The standard InChI is InChI=1S/C19H32N4/c1-5-20-19(22-14-18-7-6-12-23(18)4)21-13-16(3)17-10-8-15(2)9-11-17/h8-11,16,18H,5-7,12-14H2,1-4H3,(H2,20,21,22). The number of benzene rings is 1. The van der Waals surface area contributed by atoms with Crippen molar-refractivity contribution in [2.45, 2.75) is 45.6 Å². The van der Waals surface area contributed by atoms with Crippen LogP contribution in [0.15, 0.2) is 29.3 Å². The number of hydrogen-bond donors (Lipinski definition) is 2. The van der Waals surface area contributed by atoms with Gasteiger partial charge < -0.3 is 15.5 Å². The summed E-state index contributed by atoms with van der Waals surface area (Å²) < 4.78 is 0. The Bertz CT molecular complexity index is 495. The fraction of sp³-hybridized carbons (Fsp3) is 0.632. The van der Waals surface area contributed by atoms with Gasteiger partial charge in [-0.15, -0.1) is 0 Å². The van der Waals surface area contributed by atoms with Gasteiger partial charge in [-0.3, -0.25) is 4.99 Å². The first-order chi connectivity index (χ1) is 11.1. The molecule has 0 spiro atoms. The third kappa shape index (κ3) is 5.54. The lowest BCUT2D eigenvalue weighted by atomic mass is 10.0. The lowest BCUT2D eigenvalue weighted by Gasteiger charge is -2.21. The molecule has 2 N–H and O–H groups in total. The van der Waals surface area contributed by atoms with Crippen molar-refractivity contribution in [3.05, 3.63) is 35.4 Å².